The molecule has 1 heterocycles. The van der Waals surface area contributed by atoms with E-state index in [1.165, 1.54) is 0 Å². The van der Waals surface area contributed by atoms with Crippen LogP contribution >= 0.6 is 0 Å². The summed E-state index contributed by atoms with van der Waals surface area (Å²) in [5.41, 5.74) is 8.78. The Kier molecular flexibility index (Phi) is 3.97. The highest BCUT2D eigenvalue weighted by Crippen LogP contribution is 2.12. The smallest absolute Gasteiger partial charge is 0.273 e. The number of carbonyl (C=O) groups is 1. The minimum atomic E-state index is -0.157. The highest BCUT2D eigenvalue weighted by atomic mass is 16.2. The fraction of sp³-hybridized carbons (Fsp3) is 0.286. The molecule has 0 bridgehead atoms. The quantitative estimate of drug-likeness (QED) is 0.876. The molecule has 0 aliphatic rings. The normalized spacial score (nSPS) is 10.5. The Labute approximate surface area is 112 Å². The number of aromatic nitrogens is 2. The molecule has 100 valence electrons. The third kappa shape index (κ3) is 3.00. The van der Waals surface area contributed by atoms with Crippen LogP contribution in [0.1, 0.15) is 28.7 Å². The van der Waals surface area contributed by atoms with Crippen LogP contribution in [0.3, 0.4) is 0 Å². The van der Waals surface area contributed by atoms with E-state index in [0.717, 1.165) is 23.4 Å². The number of nitrogens with zero attached hydrogens (tertiary/aromatic N) is 2. The van der Waals surface area contributed by atoms with Gasteiger partial charge in [0.25, 0.3) is 5.91 Å². The van der Waals surface area contributed by atoms with Crippen LogP contribution in [0.4, 0.5) is 5.69 Å². The van der Waals surface area contributed by atoms with Gasteiger partial charge in [-0.25, -0.2) is 0 Å². The molecule has 0 atom stereocenters. The third-order valence-corrected chi connectivity index (χ3v) is 2.97. The molecule has 3 N–H and O–H groups in total. The number of nitrogens with one attached hydrogen (secondary N) is 1. The van der Waals surface area contributed by atoms with Crippen LogP contribution in [0.15, 0.2) is 30.3 Å². The summed E-state index contributed by atoms with van der Waals surface area (Å²) >= 11 is 0. The highest BCUT2D eigenvalue weighted by Gasteiger charge is 2.12. The standard InChI is InChI=1S/C14H18N4O/c1-3-11-8-13(18(2)17-11)14(19)16-12-6-4-10(9-15)5-7-12/h4-8H,3,9,15H2,1-2H3,(H,16,19). The maximum Gasteiger partial charge on any atom is 0.273 e. The van der Waals surface area contributed by atoms with Crippen LogP contribution in [0.5, 0.6) is 0 Å². The van der Waals surface area contributed by atoms with Crippen molar-refractivity contribution in [2.75, 3.05) is 5.32 Å². The summed E-state index contributed by atoms with van der Waals surface area (Å²) in [7, 11) is 1.77. The van der Waals surface area contributed by atoms with Gasteiger partial charge < -0.3 is 11.1 Å². The Morgan fingerprint density at radius 3 is 2.58 bits per heavy atom. The highest BCUT2D eigenvalue weighted by molar-refractivity contribution is 6.03. The van der Waals surface area contributed by atoms with Crippen molar-refractivity contribution in [2.24, 2.45) is 12.8 Å². The number of hydrogen-bond donors (Lipinski definition) is 2. The first-order valence-corrected chi connectivity index (χ1v) is 6.27. The summed E-state index contributed by atoms with van der Waals surface area (Å²) < 4.78 is 1.60. The second kappa shape index (κ2) is 5.67. The van der Waals surface area contributed by atoms with Crippen molar-refractivity contribution in [1.82, 2.24) is 9.78 Å². The van der Waals surface area contributed by atoms with Crippen molar-refractivity contribution in [3.63, 3.8) is 0 Å². The maximum atomic E-state index is 12.1. The van der Waals surface area contributed by atoms with Crippen LogP contribution in [0.25, 0.3) is 0 Å². The molecule has 2 rings (SSSR count). The average molecular weight is 258 g/mol. The van der Waals surface area contributed by atoms with E-state index >= 15 is 0 Å². The van der Waals surface area contributed by atoms with E-state index in [1.807, 2.05) is 37.3 Å². The Bertz CT molecular complexity index is 572. The van der Waals surface area contributed by atoms with Gasteiger partial charge in [0.2, 0.25) is 0 Å². The van der Waals surface area contributed by atoms with Crippen molar-refractivity contribution in [1.29, 1.82) is 0 Å². The van der Waals surface area contributed by atoms with E-state index in [1.54, 1.807) is 11.7 Å². The average Bonchev–Trinajstić information content (AvgIpc) is 2.81. The van der Waals surface area contributed by atoms with Crippen LogP contribution in [-0.4, -0.2) is 15.7 Å². The first kappa shape index (κ1) is 13.3. The number of aryl methyl sites for hydroxylation is 2. The predicted octanol–water partition coefficient (Wildman–Crippen LogP) is 1.69. The molecule has 0 fully saturated rings. The fourth-order valence-electron chi connectivity index (χ4n) is 1.83. The number of rotatable bonds is 4. The summed E-state index contributed by atoms with van der Waals surface area (Å²) in [6, 6.07) is 9.30. The fourth-order valence-corrected chi connectivity index (χ4v) is 1.83. The largest absolute Gasteiger partial charge is 0.326 e. The monoisotopic (exact) mass is 258 g/mol. The Morgan fingerprint density at radius 1 is 1.37 bits per heavy atom. The summed E-state index contributed by atoms with van der Waals surface area (Å²) in [5, 5.41) is 7.11. The molecule has 5 heteroatoms. The van der Waals surface area contributed by atoms with Gasteiger partial charge >= 0.3 is 0 Å². The number of carbonyl (C=O) groups excluding carboxylic acids is 1. The van der Waals surface area contributed by atoms with Crippen LogP contribution in [0.2, 0.25) is 0 Å². The lowest BCUT2D eigenvalue weighted by Crippen LogP contribution is -2.16. The second-order valence-corrected chi connectivity index (χ2v) is 4.35. The molecule has 0 aliphatic heterocycles. The van der Waals surface area contributed by atoms with Gasteiger partial charge in [-0.05, 0) is 30.2 Å². The van der Waals surface area contributed by atoms with Crippen molar-refractivity contribution in [2.45, 2.75) is 19.9 Å². The Hall–Kier alpha value is -2.14. The zero-order chi connectivity index (χ0) is 13.8. The first-order chi connectivity index (χ1) is 9.13. The summed E-state index contributed by atoms with van der Waals surface area (Å²) in [5.74, 6) is -0.157. The number of benzene rings is 1. The van der Waals surface area contributed by atoms with Crippen molar-refractivity contribution < 1.29 is 4.79 Å². The SMILES string of the molecule is CCc1cc(C(=O)Nc2ccc(CN)cc2)n(C)n1. The van der Waals surface area contributed by atoms with Gasteiger partial charge in [0.05, 0.1) is 5.69 Å². The van der Waals surface area contributed by atoms with Gasteiger partial charge in [-0.2, -0.15) is 5.10 Å². The summed E-state index contributed by atoms with van der Waals surface area (Å²) in [4.78, 5) is 12.1. The lowest BCUT2D eigenvalue weighted by molar-refractivity contribution is 0.101. The molecule has 0 saturated carbocycles. The zero-order valence-electron chi connectivity index (χ0n) is 11.2. The molecule has 1 amide bonds. The molecule has 1 aromatic heterocycles. The van der Waals surface area contributed by atoms with Crippen molar-refractivity contribution in [3.8, 4) is 0 Å². The number of amides is 1. The van der Waals surface area contributed by atoms with Gasteiger partial charge in [0.15, 0.2) is 0 Å². The van der Waals surface area contributed by atoms with E-state index in [4.69, 9.17) is 5.73 Å². The molecule has 0 aliphatic carbocycles. The van der Waals surface area contributed by atoms with Gasteiger partial charge in [-0.3, -0.25) is 9.48 Å². The molecular weight excluding hydrogens is 240 g/mol. The number of hydrogen-bond acceptors (Lipinski definition) is 3. The molecular formula is C14H18N4O. The molecule has 5 nitrogen and oxygen atoms in total. The van der Waals surface area contributed by atoms with Crippen LogP contribution in [-0.2, 0) is 20.0 Å². The van der Waals surface area contributed by atoms with Gasteiger partial charge in [-0.1, -0.05) is 19.1 Å². The van der Waals surface area contributed by atoms with E-state index in [9.17, 15) is 4.79 Å². The molecule has 1 aromatic carbocycles. The van der Waals surface area contributed by atoms with Crippen LogP contribution < -0.4 is 11.1 Å². The van der Waals surface area contributed by atoms with E-state index in [0.29, 0.717) is 12.2 Å². The van der Waals surface area contributed by atoms with Gasteiger partial charge in [0, 0.05) is 19.3 Å². The molecule has 0 saturated heterocycles. The molecule has 2 aromatic rings. The number of nitrogens with two attached hydrogens (primary N) is 1. The van der Waals surface area contributed by atoms with E-state index in [-0.39, 0.29) is 5.91 Å². The Balaban J connectivity index is 2.13. The van der Waals surface area contributed by atoms with E-state index in [2.05, 4.69) is 10.4 Å². The third-order valence-electron chi connectivity index (χ3n) is 2.97. The topological polar surface area (TPSA) is 72.9 Å². The minimum absolute atomic E-state index is 0.157. The number of anilines is 1. The molecule has 0 spiro atoms. The molecule has 19 heavy (non-hydrogen) atoms. The minimum Gasteiger partial charge on any atom is -0.326 e. The van der Waals surface area contributed by atoms with Crippen LogP contribution in [0, 0.1) is 0 Å². The van der Waals surface area contributed by atoms with Crippen molar-refractivity contribution in [3.05, 3.63) is 47.3 Å². The van der Waals surface area contributed by atoms with Crippen molar-refractivity contribution >= 4 is 11.6 Å². The van der Waals surface area contributed by atoms with E-state index < -0.39 is 0 Å². The second-order valence-electron chi connectivity index (χ2n) is 4.35. The summed E-state index contributed by atoms with van der Waals surface area (Å²) in [6.45, 7) is 2.51. The molecule has 0 unspecified atom stereocenters. The predicted molar refractivity (Wildman–Crippen MR) is 74.9 cm³/mol. The first-order valence-electron chi connectivity index (χ1n) is 6.27. The molecule has 0 radical (unpaired) electrons. The zero-order valence-corrected chi connectivity index (χ0v) is 11.2. The maximum absolute atomic E-state index is 12.1. The lowest BCUT2D eigenvalue weighted by atomic mass is 10.2. The summed E-state index contributed by atoms with van der Waals surface area (Å²) in [6.07, 6.45) is 0.812. The van der Waals surface area contributed by atoms with Gasteiger partial charge in [0.1, 0.15) is 5.69 Å². The lowest BCUT2D eigenvalue weighted by Gasteiger charge is -2.05. The van der Waals surface area contributed by atoms with Gasteiger partial charge in [-0.15, -0.1) is 0 Å². The Morgan fingerprint density at radius 2 is 2.05 bits per heavy atom.